The Morgan fingerprint density at radius 3 is 2.68 bits per heavy atom. The summed E-state index contributed by atoms with van der Waals surface area (Å²) in [4.78, 5) is 0. The lowest BCUT2D eigenvalue weighted by Crippen LogP contribution is -2.32. The first kappa shape index (κ1) is 16.3. The third kappa shape index (κ3) is 2.49. The largest absolute Gasteiger partial charge is 0.396 e. The van der Waals surface area contributed by atoms with Crippen LogP contribution in [0.3, 0.4) is 0 Å². The zero-order valence-corrected chi connectivity index (χ0v) is 14.6. The molecule has 0 radical (unpaired) electrons. The highest BCUT2D eigenvalue weighted by Gasteiger charge is 2.44. The lowest BCUT2D eigenvalue weighted by atomic mass is 9.70. The molecule has 2 heteroatoms. The predicted octanol–water partition coefficient (Wildman–Crippen LogP) is 4.08. The molecular formula is C20H32O2. The second-order valence-electron chi connectivity index (χ2n) is 8.41. The monoisotopic (exact) mass is 304 g/mol. The SMILES string of the molecule is CC(C)C1=C2CC(O)[C@H](C)[C@@H]3CC[C@H](CO)/C3=C/[C@@]2(C)CC1. The Bertz CT molecular complexity index is 502. The highest BCUT2D eigenvalue weighted by molar-refractivity contribution is 5.38. The molecule has 3 aliphatic carbocycles. The Hall–Kier alpha value is -0.600. The summed E-state index contributed by atoms with van der Waals surface area (Å²) < 4.78 is 0. The smallest absolute Gasteiger partial charge is 0.0608 e. The van der Waals surface area contributed by atoms with Gasteiger partial charge in [0.15, 0.2) is 0 Å². The normalized spacial score (nSPS) is 44.4. The number of fused-ring (bicyclic) bond motifs is 2. The van der Waals surface area contributed by atoms with Crippen molar-refractivity contribution >= 4 is 0 Å². The molecule has 0 aliphatic heterocycles. The van der Waals surface area contributed by atoms with Crippen molar-refractivity contribution in [3.63, 3.8) is 0 Å². The van der Waals surface area contributed by atoms with Gasteiger partial charge >= 0.3 is 0 Å². The molecule has 3 rings (SSSR count). The second kappa shape index (κ2) is 5.79. The van der Waals surface area contributed by atoms with Crippen molar-refractivity contribution in [2.45, 2.75) is 65.9 Å². The number of rotatable bonds is 2. The van der Waals surface area contributed by atoms with Crippen LogP contribution in [-0.4, -0.2) is 22.9 Å². The quantitative estimate of drug-likeness (QED) is 0.755. The van der Waals surface area contributed by atoms with Crippen molar-refractivity contribution in [1.82, 2.24) is 0 Å². The van der Waals surface area contributed by atoms with Gasteiger partial charge in [-0.25, -0.2) is 0 Å². The van der Waals surface area contributed by atoms with Crippen molar-refractivity contribution in [3.8, 4) is 0 Å². The maximum Gasteiger partial charge on any atom is 0.0608 e. The molecule has 0 bridgehead atoms. The average Bonchev–Trinajstić information content (AvgIpc) is 2.99. The molecule has 0 aromatic heterocycles. The number of hydrogen-bond acceptors (Lipinski definition) is 2. The first-order chi connectivity index (χ1) is 10.4. The van der Waals surface area contributed by atoms with Crippen LogP contribution in [0.5, 0.6) is 0 Å². The van der Waals surface area contributed by atoms with Crippen molar-refractivity contribution in [2.75, 3.05) is 6.61 Å². The van der Waals surface area contributed by atoms with E-state index in [0.717, 1.165) is 19.3 Å². The van der Waals surface area contributed by atoms with Gasteiger partial charge in [-0.1, -0.05) is 50.5 Å². The van der Waals surface area contributed by atoms with Crippen LogP contribution >= 0.6 is 0 Å². The molecule has 3 aliphatic rings. The fourth-order valence-corrected chi connectivity index (χ4v) is 5.26. The van der Waals surface area contributed by atoms with E-state index < -0.39 is 0 Å². The summed E-state index contributed by atoms with van der Waals surface area (Å²) in [5.41, 5.74) is 4.62. The first-order valence-corrected chi connectivity index (χ1v) is 9.11. The highest BCUT2D eigenvalue weighted by atomic mass is 16.3. The summed E-state index contributed by atoms with van der Waals surface area (Å²) >= 11 is 0. The van der Waals surface area contributed by atoms with Gasteiger partial charge in [0.25, 0.3) is 0 Å². The van der Waals surface area contributed by atoms with Crippen LogP contribution < -0.4 is 0 Å². The minimum Gasteiger partial charge on any atom is -0.396 e. The first-order valence-electron chi connectivity index (χ1n) is 9.11. The maximum absolute atomic E-state index is 10.8. The minimum absolute atomic E-state index is 0.103. The molecule has 124 valence electrons. The van der Waals surface area contributed by atoms with Gasteiger partial charge in [0.2, 0.25) is 0 Å². The van der Waals surface area contributed by atoms with Crippen LogP contribution in [0.25, 0.3) is 0 Å². The van der Waals surface area contributed by atoms with Crippen molar-refractivity contribution < 1.29 is 10.2 Å². The Labute approximate surface area is 135 Å². The predicted molar refractivity (Wildman–Crippen MR) is 90.4 cm³/mol. The van der Waals surface area contributed by atoms with E-state index in [2.05, 4.69) is 33.8 Å². The van der Waals surface area contributed by atoms with Gasteiger partial charge in [-0.05, 0) is 49.9 Å². The second-order valence-corrected chi connectivity index (χ2v) is 8.41. The van der Waals surface area contributed by atoms with E-state index in [4.69, 9.17) is 0 Å². The van der Waals surface area contributed by atoms with Crippen LogP contribution in [0.4, 0.5) is 0 Å². The summed E-state index contributed by atoms with van der Waals surface area (Å²) in [6.45, 7) is 9.39. The number of aliphatic hydroxyl groups is 2. The van der Waals surface area contributed by atoms with E-state index in [1.54, 1.807) is 5.57 Å². The Morgan fingerprint density at radius 2 is 2.05 bits per heavy atom. The molecule has 0 spiro atoms. The van der Waals surface area contributed by atoms with Gasteiger partial charge in [0.1, 0.15) is 0 Å². The van der Waals surface area contributed by atoms with Crippen molar-refractivity contribution in [3.05, 3.63) is 22.8 Å². The topological polar surface area (TPSA) is 40.5 Å². The van der Waals surface area contributed by atoms with E-state index in [-0.39, 0.29) is 18.1 Å². The summed E-state index contributed by atoms with van der Waals surface area (Å²) in [5.74, 6) is 1.66. The number of hydrogen-bond donors (Lipinski definition) is 2. The maximum atomic E-state index is 10.8. The van der Waals surface area contributed by atoms with Gasteiger partial charge in [0, 0.05) is 17.9 Å². The fraction of sp³-hybridized carbons (Fsp3) is 0.800. The van der Waals surface area contributed by atoms with E-state index in [1.807, 2.05) is 0 Å². The molecule has 22 heavy (non-hydrogen) atoms. The standard InChI is InChI=1S/C20H32O2/c1-12(2)15-7-8-20(4)10-17-14(11-21)5-6-16(17)13(3)19(22)9-18(15)20/h10,12-14,16,19,21-22H,5-9,11H2,1-4H3/b17-10-/t13-,14-,16+,19?,20-/m1/s1. The molecule has 0 aromatic carbocycles. The summed E-state index contributed by atoms with van der Waals surface area (Å²) in [6, 6.07) is 0. The molecule has 2 nitrogen and oxygen atoms in total. The molecule has 2 N–H and O–H groups in total. The van der Waals surface area contributed by atoms with Crippen LogP contribution in [0.1, 0.15) is 59.8 Å². The van der Waals surface area contributed by atoms with Gasteiger partial charge in [0.05, 0.1) is 6.10 Å². The molecule has 1 unspecified atom stereocenters. The fourth-order valence-electron chi connectivity index (χ4n) is 5.26. The van der Waals surface area contributed by atoms with E-state index >= 15 is 0 Å². The molecule has 1 saturated carbocycles. The average molecular weight is 304 g/mol. The van der Waals surface area contributed by atoms with Gasteiger partial charge in [-0.15, -0.1) is 0 Å². The summed E-state index contributed by atoms with van der Waals surface area (Å²) in [6.07, 6.45) is 7.66. The van der Waals surface area contributed by atoms with Crippen molar-refractivity contribution in [2.24, 2.45) is 29.1 Å². The van der Waals surface area contributed by atoms with Crippen LogP contribution in [0.2, 0.25) is 0 Å². The van der Waals surface area contributed by atoms with Crippen molar-refractivity contribution in [1.29, 1.82) is 0 Å². The lowest BCUT2D eigenvalue weighted by molar-refractivity contribution is 0.0857. The Kier molecular flexibility index (Phi) is 4.28. The Balaban J connectivity index is 2.10. The third-order valence-electron chi connectivity index (χ3n) is 6.77. The number of aliphatic hydroxyl groups excluding tert-OH is 2. The van der Waals surface area contributed by atoms with Gasteiger partial charge < -0.3 is 10.2 Å². The van der Waals surface area contributed by atoms with E-state index in [9.17, 15) is 10.2 Å². The molecule has 0 saturated heterocycles. The van der Waals surface area contributed by atoms with E-state index in [0.29, 0.717) is 23.7 Å². The van der Waals surface area contributed by atoms with Crippen LogP contribution in [0, 0.1) is 29.1 Å². The van der Waals surface area contributed by atoms with Gasteiger partial charge in [-0.3, -0.25) is 0 Å². The molecule has 0 heterocycles. The number of allylic oxidation sites excluding steroid dienone is 2. The summed E-state index contributed by atoms with van der Waals surface area (Å²) in [5, 5.41) is 20.6. The summed E-state index contributed by atoms with van der Waals surface area (Å²) in [7, 11) is 0. The van der Waals surface area contributed by atoms with Crippen LogP contribution in [0.15, 0.2) is 22.8 Å². The molecule has 0 aromatic rings. The molecule has 5 atom stereocenters. The molecule has 0 amide bonds. The zero-order chi connectivity index (χ0) is 16.1. The minimum atomic E-state index is -0.243. The zero-order valence-electron chi connectivity index (χ0n) is 14.6. The Morgan fingerprint density at radius 1 is 1.32 bits per heavy atom. The van der Waals surface area contributed by atoms with E-state index in [1.165, 1.54) is 24.0 Å². The van der Waals surface area contributed by atoms with Gasteiger partial charge in [-0.2, -0.15) is 0 Å². The lowest BCUT2D eigenvalue weighted by Gasteiger charge is -2.37. The molecule has 1 fully saturated rings. The van der Waals surface area contributed by atoms with Crippen LogP contribution in [-0.2, 0) is 0 Å². The molecular weight excluding hydrogens is 272 g/mol. The highest BCUT2D eigenvalue weighted by Crippen LogP contribution is 2.54. The third-order valence-corrected chi connectivity index (χ3v) is 6.77.